The van der Waals surface area contributed by atoms with Crippen LogP contribution in [-0.2, 0) is 6.54 Å². The number of anilines is 1. The van der Waals surface area contributed by atoms with Crippen LogP contribution in [0.1, 0.15) is 39.3 Å². The molecule has 0 unspecified atom stereocenters. The second-order valence-corrected chi connectivity index (χ2v) is 9.77. The molecule has 4 heterocycles. The van der Waals surface area contributed by atoms with Crippen molar-refractivity contribution in [1.29, 1.82) is 0 Å². The zero-order chi connectivity index (χ0) is 23.8. The van der Waals surface area contributed by atoms with E-state index in [9.17, 15) is 4.79 Å². The third-order valence-corrected chi connectivity index (χ3v) is 6.87. The van der Waals surface area contributed by atoms with Crippen molar-refractivity contribution in [3.05, 3.63) is 70.6 Å². The number of nitrogens with one attached hydrogen (secondary N) is 1. The number of carbonyl (C=O) groups excluding carboxylic acids is 1. The lowest BCUT2D eigenvalue weighted by molar-refractivity contribution is 0.0950. The first-order chi connectivity index (χ1) is 16.4. The van der Waals surface area contributed by atoms with Gasteiger partial charge in [-0.3, -0.25) is 19.2 Å². The molecule has 1 amide bonds. The number of fused-ring (bicyclic) bond motifs is 1. The second kappa shape index (κ2) is 8.88. The van der Waals surface area contributed by atoms with Gasteiger partial charge in [-0.15, -0.1) is 11.3 Å². The lowest BCUT2D eigenvalue weighted by Gasteiger charge is -2.21. The van der Waals surface area contributed by atoms with Crippen molar-refractivity contribution in [2.45, 2.75) is 33.2 Å². The topological polar surface area (TPSA) is 127 Å². The highest BCUT2D eigenvalue weighted by Gasteiger charge is 2.32. The number of rotatable bonds is 6. The number of hydrazine groups is 1. The molecule has 1 saturated carbocycles. The molecule has 0 radical (unpaired) electrons. The van der Waals surface area contributed by atoms with Crippen LogP contribution in [0.3, 0.4) is 0 Å². The Morgan fingerprint density at radius 2 is 2.06 bits per heavy atom. The molecule has 10 heteroatoms. The number of hydrogen-bond acceptors (Lipinski definition) is 7. The van der Waals surface area contributed by atoms with Crippen LogP contribution in [0.15, 0.2) is 54.0 Å². The van der Waals surface area contributed by atoms with Crippen molar-refractivity contribution in [1.82, 2.24) is 19.7 Å². The summed E-state index contributed by atoms with van der Waals surface area (Å²) in [6.45, 7) is 4.35. The molecule has 4 aromatic heterocycles. The fourth-order valence-corrected chi connectivity index (χ4v) is 4.72. The highest BCUT2D eigenvalue weighted by atomic mass is 32.1. The Labute approximate surface area is 201 Å². The van der Waals surface area contributed by atoms with Crippen molar-refractivity contribution in [2.24, 2.45) is 22.7 Å². The average Bonchev–Trinajstić information content (AvgIpc) is 3.43. The van der Waals surface area contributed by atoms with Gasteiger partial charge < -0.3 is 11.2 Å². The van der Waals surface area contributed by atoms with E-state index in [-0.39, 0.29) is 11.8 Å². The van der Waals surface area contributed by atoms with E-state index in [0.29, 0.717) is 29.3 Å². The van der Waals surface area contributed by atoms with Gasteiger partial charge in [0.15, 0.2) is 5.65 Å². The average molecular weight is 475 g/mol. The SMILES string of the molecule is Cc1ccc(CNC(=O)c2cc(N(N)/C(=N\N)C3CC3)c3ncc(-c4ccc(C)s4)n3c2)cn1. The van der Waals surface area contributed by atoms with Crippen molar-refractivity contribution >= 4 is 34.4 Å². The third-order valence-electron chi connectivity index (χ3n) is 5.85. The summed E-state index contributed by atoms with van der Waals surface area (Å²) in [4.78, 5) is 24.4. The van der Waals surface area contributed by atoms with E-state index in [1.165, 1.54) is 9.89 Å². The summed E-state index contributed by atoms with van der Waals surface area (Å²) >= 11 is 1.67. The summed E-state index contributed by atoms with van der Waals surface area (Å²) in [7, 11) is 0. The third kappa shape index (κ3) is 4.25. The van der Waals surface area contributed by atoms with Crippen LogP contribution >= 0.6 is 11.3 Å². The van der Waals surface area contributed by atoms with Crippen LogP contribution in [0.4, 0.5) is 5.69 Å². The standard InChI is InChI=1S/C24H26N8OS/c1-14-3-5-16(10-27-14)11-29-24(33)18-9-19(32(26)22(30-25)17-6-7-17)23-28-12-20(31(23)13-18)21-8-4-15(2)34-21/h3-5,8-10,12-13,17H,6-7,11,25-26H2,1-2H3,(H,29,33)/b30-22-. The first-order valence-corrected chi connectivity index (χ1v) is 11.9. The van der Waals surface area contributed by atoms with Gasteiger partial charge in [0, 0.05) is 35.4 Å². The van der Waals surface area contributed by atoms with Crippen LogP contribution in [0.2, 0.25) is 0 Å². The van der Waals surface area contributed by atoms with E-state index in [2.05, 4.69) is 39.4 Å². The zero-order valence-electron chi connectivity index (χ0n) is 19.0. The first-order valence-electron chi connectivity index (χ1n) is 11.0. The van der Waals surface area contributed by atoms with Crippen LogP contribution in [0.5, 0.6) is 0 Å². The number of hydrazone groups is 1. The number of imidazole rings is 1. The number of aryl methyl sites for hydroxylation is 2. The predicted octanol–water partition coefficient (Wildman–Crippen LogP) is 3.37. The minimum atomic E-state index is -0.225. The molecule has 0 atom stereocenters. The summed E-state index contributed by atoms with van der Waals surface area (Å²) in [5.74, 6) is 12.7. The number of carbonyl (C=O) groups is 1. The van der Waals surface area contributed by atoms with Crippen LogP contribution < -0.4 is 22.0 Å². The lowest BCUT2D eigenvalue weighted by Crippen LogP contribution is -2.40. The molecule has 5 rings (SSSR count). The molecule has 0 aromatic carbocycles. The highest BCUT2D eigenvalue weighted by Crippen LogP contribution is 2.35. The lowest BCUT2D eigenvalue weighted by atomic mass is 10.2. The number of amidine groups is 1. The molecule has 1 fully saturated rings. The number of amides is 1. The normalized spacial score (nSPS) is 13.9. The number of pyridine rings is 2. The van der Waals surface area contributed by atoms with Gasteiger partial charge in [-0.05, 0) is 56.5 Å². The Morgan fingerprint density at radius 1 is 1.24 bits per heavy atom. The van der Waals surface area contributed by atoms with Crippen LogP contribution in [0.25, 0.3) is 16.2 Å². The highest BCUT2D eigenvalue weighted by molar-refractivity contribution is 7.15. The van der Waals surface area contributed by atoms with Gasteiger partial charge in [0.1, 0.15) is 11.5 Å². The van der Waals surface area contributed by atoms with Crippen molar-refractivity contribution in [3.63, 3.8) is 0 Å². The molecule has 1 aliphatic carbocycles. The molecule has 0 saturated heterocycles. The van der Waals surface area contributed by atoms with Gasteiger partial charge in [-0.2, -0.15) is 5.10 Å². The Balaban J connectivity index is 1.55. The van der Waals surface area contributed by atoms with Gasteiger partial charge in [-0.1, -0.05) is 6.07 Å². The van der Waals surface area contributed by atoms with Gasteiger partial charge >= 0.3 is 0 Å². The Bertz CT molecular complexity index is 1380. The number of hydrogen-bond donors (Lipinski definition) is 3. The monoisotopic (exact) mass is 474 g/mol. The Hall–Kier alpha value is -3.76. The molecule has 9 nitrogen and oxygen atoms in total. The van der Waals surface area contributed by atoms with E-state index in [0.717, 1.165) is 34.7 Å². The molecule has 5 N–H and O–H groups in total. The number of thiophene rings is 1. The van der Waals surface area contributed by atoms with Gasteiger partial charge in [0.2, 0.25) is 0 Å². The molecular weight excluding hydrogens is 448 g/mol. The molecule has 34 heavy (non-hydrogen) atoms. The van der Waals surface area contributed by atoms with Gasteiger partial charge in [0.05, 0.1) is 22.3 Å². The predicted molar refractivity (Wildman–Crippen MR) is 134 cm³/mol. The molecule has 0 spiro atoms. The number of nitrogens with zero attached hydrogens (tertiary/aromatic N) is 5. The first kappa shape index (κ1) is 22.1. The molecular formula is C24H26N8OS. The Kier molecular flexibility index (Phi) is 5.76. The molecule has 174 valence electrons. The number of nitrogens with two attached hydrogens (primary N) is 2. The van der Waals surface area contributed by atoms with Crippen molar-refractivity contribution in [2.75, 3.05) is 5.01 Å². The van der Waals surface area contributed by atoms with E-state index in [1.54, 1.807) is 36.0 Å². The molecule has 0 aliphatic heterocycles. The maximum atomic E-state index is 13.2. The fourth-order valence-electron chi connectivity index (χ4n) is 3.84. The largest absolute Gasteiger partial charge is 0.348 e. The minimum absolute atomic E-state index is 0.218. The second-order valence-electron chi connectivity index (χ2n) is 8.48. The molecule has 1 aliphatic rings. The van der Waals surface area contributed by atoms with E-state index >= 15 is 0 Å². The van der Waals surface area contributed by atoms with E-state index < -0.39 is 0 Å². The minimum Gasteiger partial charge on any atom is -0.348 e. The van der Waals surface area contributed by atoms with Crippen LogP contribution in [0, 0.1) is 19.8 Å². The van der Waals surface area contributed by atoms with Crippen molar-refractivity contribution < 1.29 is 4.79 Å². The van der Waals surface area contributed by atoms with Gasteiger partial charge in [-0.25, -0.2) is 10.8 Å². The maximum Gasteiger partial charge on any atom is 0.253 e. The summed E-state index contributed by atoms with van der Waals surface area (Å²) in [5.41, 5.74) is 4.39. The summed E-state index contributed by atoms with van der Waals surface area (Å²) < 4.78 is 1.91. The summed E-state index contributed by atoms with van der Waals surface area (Å²) in [6.07, 6.45) is 7.33. The van der Waals surface area contributed by atoms with Crippen LogP contribution in [-0.4, -0.2) is 26.1 Å². The van der Waals surface area contributed by atoms with Crippen molar-refractivity contribution in [3.8, 4) is 10.6 Å². The zero-order valence-corrected chi connectivity index (χ0v) is 19.8. The van der Waals surface area contributed by atoms with Gasteiger partial charge in [0.25, 0.3) is 5.91 Å². The quantitative estimate of drug-likeness (QED) is 0.170. The van der Waals surface area contributed by atoms with E-state index in [1.807, 2.05) is 23.5 Å². The Morgan fingerprint density at radius 3 is 2.71 bits per heavy atom. The molecule has 4 aromatic rings. The van der Waals surface area contributed by atoms with E-state index in [4.69, 9.17) is 11.7 Å². The summed E-state index contributed by atoms with van der Waals surface area (Å²) in [6, 6.07) is 9.73. The summed E-state index contributed by atoms with van der Waals surface area (Å²) in [5, 5.41) is 8.37. The maximum absolute atomic E-state index is 13.2. The fraction of sp³-hybridized carbons (Fsp3) is 0.250. The number of aromatic nitrogens is 3. The molecule has 0 bridgehead atoms. The smallest absolute Gasteiger partial charge is 0.253 e.